The minimum atomic E-state index is 0. The maximum Gasteiger partial charge on any atom is 0.0598 e. The highest BCUT2D eigenvalue weighted by Crippen LogP contribution is 2.28. The minimum Gasteiger partial charge on any atom is -0.293 e. The molecule has 1 unspecified atom stereocenters. The van der Waals surface area contributed by atoms with Crippen molar-refractivity contribution in [1.82, 2.24) is 4.90 Å². The summed E-state index contributed by atoms with van der Waals surface area (Å²) in [5, 5.41) is 0. The molecule has 1 atom stereocenters. The molecule has 0 heterocycles. The van der Waals surface area contributed by atoms with Gasteiger partial charge in [0.2, 0.25) is 0 Å². The van der Waals surface area contributed by atoms with Crippen molar-refractivity contribution in [1.29, 1.82) is 0 Å². The second-order valence-electron chi connectivity index (χ2n) is 4.71. The van der Waals surface area contributed by atoms with Crippen LogP contribution in [0.4, 0.5) is 0 Å². The summed E-state index contributed by atoms with van der Waals surface area (Å²) in [5.41, 5.74) is 0. The van der Waals surface area contributed by atoms with E-state index in [0.717, 1.165) is 12.5 Å². The monoisotopic (exact) mass is 229 g/mol. The van der Waals surface area contributed by atoms with E-state index in [4.69, 9.17) is 6.42 Å². The summed E-state index contributed by atoms with van der Waals surface area (Å²) in [5.74, 6) is 3.67. The molecule has 1 nitrogen and oxygen atoms in total. The summed E-state index contributed by atoms with van der Waals surface area (Å²) in [7, 11) is 2.13. The van der Waals surface area contributed by atoms with Crippen LogP contribution in [0.15, 0.2) is 0 Å². The van der Waals surface area contributed by atoms with Gasteiger partial charge in [-0.05, 0) is 26.3 Å². The van der Waals surface area contributed by atoms with Crippen molar-refractivity contribution in [2.75, 3.05) is 13.6 Å². The van der Waals surface area contributed by atoms with Crippen molar-refractivity contribution in [2.45, 2.75) is 51.5 Å². The van der Waals surface area contributed by atoms with Crippen molar-refractivity contribution >= 4 is 12.4 Å². The normalized spacial score (nSPS) is 19.3. The average molecular weight is 230 g/mol. The van der Waals surface area contributed by atoms with E-state index in [9.17, 15) is 0 Å². The molecule has 0 bridgehead atoms. The molecule has 0 radical (unpaired) electrons. The Morgan fingerprint density at radius 3 is 2.47 bits per heavy atom. The van der Waals surface area contributed by atoms with E-state index in [1.165, 1.54) is 38.5 Å². The predicted molar refractivity (Wildman–Crippen MR) is 69.4 cm³/mol. The van der Waals surface area contributed by atoms with Gasteiger partial charge >= 0.3 is 0 Å². The highest BCUT2D eigenvalue weighted by atomic mass is 35.5. The second kappa shape index (κ2) is 8.02. The van der Waals surface area contributed by atoms with Gasteiger partial charge in [0.05, 0.1) is 6.54 Å². The summed E-state index contributed by atoms with van der Waals surface area (Å²) in [4.78, 5) is 2.29. The third-order valence-electron chi connectivity index (χ3n) is 3.49. The van der Waals surface area contributed by atoms with Gasteiger partial charge in [-0.3, -0.25) is 4.90 Å². The van der Waals surface area contributed by atoms with Crippen LogP contribution in [0.2, 0.25) is 0 Å². The first-order chi connectivity index (χ1) is 6.74. The molecule has 88 valence electrons. The van der Waals surface area contributed by atoms with E-state index in [-0.39, 0.29) is 12.4 Å². The van der Waals surface area contributed by atoms with Gasteiger partial charge in [0, 0.05) is 6.04 Å². The molecule has 0 aliphatic heterocycles. The Labute approximate surface area is 101 Å². The SMILES string of the molecule is C#CCN(C)C(C)CC1CCCCC1.Cl. The number of halogens is 1. The number of nitrogens with zero attached hydrogens (tertiary/aromatic N) is 1. The van der Waals surface area contributed by atoms with Crippen molar-refractivity contribution in [3.05, 3.63) is 0 Å². The van der Waals surface area contributed by atoms with Crippen molar-refractivity contribution in [3.63, 3.8) is 0 Å². The molecule has 0 aromatic carbocycles. The molecule has 15 heavy (non-hydrogen) atoms. The quantitative estimate of drug-likeness (QED) is 0.669. The zero-order valence-corrected chi connectivity index (χ0v) is 10.9. The molecule has 1 saturated carbocycles. The van der Waals surface area contributed by atoms with Crippen LogP contribution in [0.25, 0.3) is 0 Å². The zero-order chi connectivity index (χ0) is 10.4. The van der Waals surface area contributed by atoms with Crippen molar-refractivity contribution < 1.29 is 0 Å². The van der Waals surface area contributed by atoms with Gasteiger partial charge in [-0.2, -0.15) is 0 Å². The zero-order valence-electron chi connectivity index (χ0n) is 10.0. The van der Waals surface area contributed by atoms with Crippen molar-refractivity contribution in [2.24, 2.45) is 5.92 Å². The third-order valence-corrected chi connectivity index (χ3v) is 3.49. The first-order valence-electron chi connectivity index (χ1n) is 5.87. The van der Waals surface area contributed by atoms with Crippen LogP contribution in [0, 0.1) is 18.3 Å². The molecule has 0 spiro atoms. The molecule has 0 aromatic heterocycles. The van der Waals surface area contributed by atoms with E-state index in [1.807, 2.05) is 0 Å². The first-order valence-corrected chi connectivity index (χ1v) is 5.87. The predicted octanol–water partition coefficient (Wildman–Crippen LogP) is 3.33. The first kappa shape index (κ1) is 14.8. The minimum absolute atomic E-state index is 0. The molecular weight excluding hydrogens is 206 g/mol. The number of rotatable bonds is 4. The van der Waals surface area contributed by atoms with Crippen LogP contribution >= 0.6 is 12.4 Å². The number of hydrogen-bond donors (Lipinski definition) is 0. The average Bonchev–Trinajstić information content (AvgIpc) is 2.19. The Bertz CT molecular complexity index is 191. The van der Waals surface area contributed by atoms with E-state index < -0.39 is 0 Å². The summed E-state index contributed by atoms with van der Waals surface area (Å²) in [6.45, 7) is 3.08. The van der Waals surface area contributed by atoms with E-state index >= 15 is 0 Å². The number of terminal acetylenes is 1. The largest absolute Gasteiger partial charge is 0.293 e. The molecule has 1 aliphatic rings. The molecule has 1 aliphatic carbocycles. The van der Waals surface area contributed by atoms with E-state index in [1.54, 1.807) is 0 Å². The van der Waals surface area contributed by atoms with Crippen LogP contribution in [-0.2, 0) is 0 Å². The van der Waals surface area contributed by atoms with Crippen LogP contribution < -0.4 is 0 Å². The molecule has 2 heteroatoms. The highest BCUT2D eigenvalue weighted by molar-refractivity contribution is 5.85. The maximum atomic E-state index is 5.31. The fourth-order valence-corrected chi connectivity index (χ4v) is 2.39. The molecule has 1 fully saturated rings. The summed E-state index contributed by atoms with van der Waals surface area (Å²) < 4.78 is 0. The topological polar surface area (TPSA) is 3.24 Å². The van der Waals surface area contributed by atoms with Crippen LogP contribution in [0.1, 0.15) is 45.4 Å². The van der Waals surface area contributed by atoms with Gasteiger partial charge in [-0.25, -0.2) is 0 Å². The Morgan fingerprint density at radius 1 is 1.33 bits per heavy atom. The third kappa shape index (κ3) is 5.44. The summed E-state index contributed by atoms with van der Waals surface area (Å²) >= 11 is 0. The fourth-order valence-electron chi connectivity index (χ4n) is 2.39. The second-order valence-corrected chi connectivity index (χ2v) is 4.71. The lowest BCUT2D eigenvalue weighted by molar-refractivity contribution is 0.216. The van der Waals surface area contributed by atoms with Gasteiger partial charge in [0.1, 0.15) is 0 Å². The standard InChI is InChI=1S/C13H23N.ClH/c1-4-10-14(3)12(2)11-13-8-6-5-7-9-13;/h1,12-13H,5-11H2,2-3H3;1H. The van der Waals surface area contributed by atoms with Crippen LogP contribution in [-0.4, -0.2) is 24.5 Å². The van der Waals surface area contributed by atoms with Gasteiger partial charge in [-0.15, -0.1) is 18.8 Å². The number of hydrogen-bond acceptors (Lipinski definition) is 1. The fraction of sp³-hybridized carbons (Fsp3) is 0.846. The smallest absolute Gasteiger partial charge is 0.0598 e. The van der Waals surface area contributed by atoms with E-state index in [2.05, 4.69) is 24.8 Å². The lowest BCUT2D eigenvalue weighted by Crippen LogP contribution is -2.31. The van der Waals surface area contributed by atoms with Crippen LogP contribution in [0.5, 0.6) is 0 Å². The summed E-state index contributed by atoms with van der Waals surface area (Å²) in [6.07, 6.45) is 13.8. The van der Waals surface area contributed by atoms with Gasteiger partial charge < -0.3 is 0 Å². The highest BCUT2D eigenvalue weighted by Gasteiger charge is 2.18. The molecule has 0 saturated heterocycles. The Morgan fingerprint density at radius 2 is 1.93 bits per heavy atom. The molecule has 0 amide bonds. The molecule has 0 N–H and O–H groups in total. The van der Waals surface area contributed by atoms with Crippen LogP contribution in [0.3, 0.4) is 0 Å². The molecular formula is C13H24ClN. The van der Waals surface area contributed by atoms with Gasteiger partial charge in [0.25, 0.3) is 0 Å². The Kier molecular flexibility index (Phi) is 7.92. The van der Waals surface area contributed by atoms with Gasteiger partial charge in [0.15, 0.2) is 0 Å². The van der Waals surface area contributed by atoms with Crippen molar-refractivity contribution in [3.8, 4) is 12.3 Å². The Balaban J connectivity index is 0.00000196. The Hall–Kier alpha value is -0.190. The molecule has 0 aromatic rings. The summed E-state index contributed by atoms with van der Waals surface area (Å²) in [6, 6.07) is 0.647. The maximum absolute atomic E-state index is 5.31. The molecule has 1 rings (SSSR count). The lowest BCUT2D eigenvalue weighted by atomic mass is 9.85. The van der Waals surface area contributed by atoms with E-state index in [0.29, 0.717) is 6.04 Å². The lowest BCUT2D eigenvalue weighted by Gasteiger charge is -2.29. The van der Waals surface area contributed by atoms with Gasteiger partial charge in [-0.1, -0.05) is 38.0 Å².